The van der Waals surface area contributed by atoms with Crippen LogP contribution in [0.3, 0.4) is 0 Å². The van der Waals surface area contributed by atoms with Gasteiger partial charge in [0.15, 0.2) is 0 Å². The fourth-order valence-corrected chi connectivity index (χ4v) is 5.04. The van der Waals surface area contributed by atoms with Gasteiger partial charge in [0, 0.05) is 23.4 Å². The summed E-state index contributed by atoms with van der Waals surface area (Å²) < 4.78 is 15.6. The molecule has 1 unspecified atom stereocenters. The lowest BCUT2D eigenvalue weighted by molar-refractivity contribution is 0.610. The molecule has 4 aromatic rings. The number of hydrogen-bond acceptors (Lipinski definition) is 6. The molecule has 0 saturated heterocycles. The summed E-state index contributed by atoms with van der Waals surface area (Å²) in [5.41, 5.74) is 4.13. The van der Waals surface area contributed by atoms with Crippen molar-refractivity contribution in [2.24, 2.45) is 0 Å². The Hall–Kier alpha value is -3.48. The largest absolute Gasteiger partial charge is 0.386 e. The van der Waals surface area contributed by atoms with Crippen molar-refractivity contribution in [3.63, 3.8) is 0 Å². The standard InChI is InChI=1S/C26H27ClFN7Si/c1-36(2,3)15-31-24-17(12-29)13-30-26-21(24)10-19(11-22(26)27)32-25(16-4-6-18(28)7-5-16)23-14-35(34-33-23)20-8-9-20/h4-7,10-11,13-14,20,25,32H,8-9,15H2,1-3H3,(H,30,31). The molecule has 10 heteroatoms. The molecule has 2 N–H and O–H groups in total. The summed E-state index contributed by atoms with van der Waals surface area (Å²) >= 11 is 6.68. The van der Waals surface area contributed by atoms with Crippen LogP contribution < -0.4 is 10.6 Å². The molecule has 1 aliphatic carbocycles. The summed E-state index contributed by atoms with van der Waals surface area (Å²) in [5.74, 6) is -0.305. The molecule has 0 spiro atoms. The van der Waals surface area contributed by atoms with Crippen molar-refractivity contribution >= 4 is 42.0 Å². The van der Waals surface area contributed by atoms with Crippen LogP contribution in [0.1, 0.15) is 41.7 Å². The number of hydrogen-bond donors (Lipinski definition) is 2. The number of fused-ring (bicyclic) bond motifs is 1. The first-order chi connectivity index (χ1) is 17.2. The van der Waals surface area contributed by atoms with Gasteiger partial charge in [0.05, 0.1) is 48.1 Å². The lowest BCUT2D eigenvalue weighted by Gasteiger charge is -2.21. The van der Waals surface area contributed by atoms with Gasteiger partial charge in [0.25, 0.3) is 0 Å². The van der Waals surface area contributed by atoms with Gasteiger partial charge in [-0.05, 0) is 42.7 Å². The zero-order valence-corrected chi connectivity index (χ0v) is 22.1. The van der Waals surface area contributed by atoms with Crippen LogP contribution in [0, 0.1) is 17.1 Å². The van der Waals surface area contributed by atoms with Crippen LogP contribution in [-0.2, 0) is 0 Å². The molecule has 5 rings (SSSR count). The minimum absolute atomic E-state index is 0.305. The van der Waals surface area contributed by atoms with Crippen LogP contribution in [-0.4, -0.2) is 34.2 Å². The Bertz CT molecular complexity index is 1450. The van der Waals surface area contributed by atoms with Crippen molar-refractivity contribution < 1.29 is 4.39 Å². The van der Waals surface area contributed by atoms with E-state index in [4.69, 9.17) is 11.6 Å². The average Bonchev–Trinajstić information content (AvgIpc) is 3.58. The Balaban J connectivity index is 1.57. The SMILES string of the molecule is C[Si](C)(C)CNc1c(C#N)cnc2c(Cl)cc(NC(c3ccc(F)cc3)c3cn(C4CC4)nn3)cc12. The van der Waals surface area contributed by atoms with E-state index in [1.165, 1.54) is 12.1 Å². The molecule has 1 saturated carbocycles. The second kappa shape index (κ2) is 9.52. The maximum Gasteiger partial charge on any atom is 0.123 e. The molecule has 7 nitrogen and oxygen atoms in total. The van der Waals surface area contributed by atoms with Gasteiger partial charge in [0.2, 0.25) is 0 Å². The fraction of sp³-hybridized carbons (Fsp3) is 0.308. The molecule has 2 aromatic heterocycles. The van der Waals surface area contributed by atoms with Crippen LogP contribution in [0.5, 0.6) is 0 Å². The van der Waals surface area contributed by atoms with Crippen molar-refractivity contribution in [2.45, 2.75) is 44.6 Å². The molecular formula is C26H27ClFN7Si. The summed E-state index contributed by atoms with van der Waals surface area (Å²) in [6, 6.07) is 12.4. The topological polar surface area (TPSA) is 91.5 Å². The Morgan fingerprint density at radius 1 is 1.22 bits per heavy atom. The summed E-state index contributed by atoms with van der Waals surface area (Å²) in [6.07, 6.45) is 6.50. The van der Waals surface area contributed by atoms with Gasteiger partial charge in [-0.2, -0.15) is 5.26 Å². The Kier molecular flexibility index (Phi) is 6.41. The van der Waals surface area contributed by atoms with E-state index in [1.807, 2.05) is 23.0 Å². The molecule has 1 atom stereocenters. The minimum Gasteiger partial charge on any atom is -0.386 e. The first-order valence-corrected chi connectivity index (χ1v) is 16.0. The number of halogens is 2. The monoisotopic (exact) mass is 519 g/mol. The number of nitrogens with zero attached hydrogens (tertiary/aromatic N) is 5. The van der Waals surface area contributed by atoms with Gasteiger partial charge in [-0.1, -0.05) is 48.6 Å². The first-order valence-electron chi connectivity index (χ1n) is 11.9. The molecule has 0 bridgehead atoms. The van der Waals surface area contributed by atoms with Gasteiger partial charge < -0.3 is 10.6 Å². The van der Waals surface area contributed by atoms with Crippen molar-refractivity contribution in [1.29, 1.82) is 5.26 Å². The van der Waals surface area contributed by atoms with E-state index in [0.29, 0.717) is 22.1 Å². The van der Waals surface area contributed by atoms with Gasteiger partial charge in [-0.3, -0.25) is 4.98 Å². The Labute approximate surface area is 215 Å². The van der Waals surface area contributed by atoms with E-state index in [0.717, 1.165) is 47.0 Å². The maximum absolute atomic E-state index is 13.7. The van der Waals surface area contributed by atoms with Gasteiger partial charge in [0.1, 0.15) is 17.6 Å². The zero-order chi connectivity index (χ0) is 25.4. The number of benzene rings is 2. The number of pyridine rings is 1. The molecule has 36 heavy (non-hydrogen) atoms. The van der Waals surface area contributed by atoms with E-state index in [-0.39, 0.29) is 11.9 Å². The second-order valence-corrected chi connectivity index (χ2v) is 16.3. The van der Waals surface area contributed by atoms with Crippen LogP contribution >= 0.6 is 11.6 Å². The van der Waals surface area contributed by atoms with E-state index >= 15 is 0 Å². The lowest BCUT2D eigenvalue weighted by Crippen LogP contribution is -2.31. The normalized spacial score (nSPS) is 14.4. The quantitative estimate of drug-likeness (QED) is 0.265. The molecule has 2 aromatic carbocycles. The summed E-state index contributed by atoms with van der Waals surface area (Å²) in [6.45, 7) is 6.78. The second-order valence-electron chi connectivity index (χ2n) is 10.4. The summed E-state index contributed by atoms with van der Waals surface area (Å²) in [4.78, 5) is 4.45. The number of nitriles is 1. The smallest absolute Gasteiger partial charge is 0.123 e. The average molecular weight is 520 g/mol. The lowest BCUT2D eigenvalue weighted by atomic mass is 10.0. The fourth-order valence-electron chi connectivity index (χ4n) is 4.06. The molecular weight excluding hydrogens is 493 g/mol. The molecule has 0 amide bonds. The maximum atomic E-state index is 13.7. The van der Waals surface area contributed by atoms with E-state index in [2.05, 4.69) is 51.6 Å². The van der Waals surface area contributed by atoms with E-state index < -0.39 is 8.07 Å². The van der Waals surface area contributed by atoms with E-state index in [1.54, 1.807) is 18.3 Å². The third kappa shape index (κ3) is 5.20. The Morgan fingerprint density at radius 2 is 1.97 bits per heavy atom. The Morgan fingerprint density at radius 3 is 2.64 bits per heavy atom. The molecule has 1 aliphatic rings. The van der Waals surface area contributed by atoms with Crippen LogP contribution in [0.25, 0.3) is 10.9 Å². The highest BCUT2D eigenvalue weighted by atomic mass is 35.5. The van der Waals surface area contributed by atoms with Crippen molar-refractivity contribution in [3.8, 4) is 6.07 Å². The van der Waals surface area contributed by atoms with Crippen molar-refractivity contribution in [2.75, 3.05) is 16.8 Å². The van der Waals surface area contributed by atoms with Crippen LogP contribution in [0.2, 0.25) is 24.7 Å². The minimum atomic E-state index is -1.45. The molecule has 0 aliphatic heterocycles. The van der Waals surface area contributed by atoms with Crippen LogP contribution in [0.15, 0.2) is 48.8 Å². The number of anilines is 2. The molecule has 184 valence electrons. The third-order valence-electron chi connectivity index (χ3n) is 6.10. The highest BCUT2D eigenvalue weighted by Gasteiger charge is 2.27. The summed E-state index contributed by atoms with van der Waals surface area (Å²) in [7, 11) is -1.45. The molecule has 0 radical (unpaired) electrons. The number of nitrogens with one attached hydrogen (secondary N) is 2. The third-order valence-corrected chi connectivity index (χ3v) is 7.63. The van der Waals surface area contributed by atoms with Crippen LogP contribution in [0.4, 0.5) is 15.8 Å². The number of aromatic nitrogens is 4. The van der Waals surface area contributed by atoms with Gasteiger partial charge >= 0.3 is 0 Å². The zero-order valence-electron chi connectivity index (χ0n) is 20.4. The van der Waals surface area contributed by atoms with Gasteiger partial charge in [-0.15, -0.1) is 5.10 Å². The molecule has 1 fully saturated rings. The number of rotatable bonds is 8. The highest BCUT2D eigenvalue weighted by molar-refractivity contribution is 6.76. The van der Waals surface area contributed by atoms with E-state index in [9.17, 15) is 9.65 Å². The van der Waals surface area contributed by atoms with Crippen molar-refractivity contribution in [3.05, 3.63) is 76.5 Å². The van der Waals surface area contributed by atoms with Crippen molar-refractivity contribution in [1.82, 2.24) is 20.0 Å². The first kappa shape index (κ1) is 24.2. The highest BCUT2D eigenvalue weighted by Crippen LogP contribution is 2.37. The summed E-state index contributed by atoms with van der Waals surface area (Å²) in [5, 5.41) is 26.7. The predicted molar refractivity (Wildman–Crippen MR) is 143 cm³/mol. The van der Waals surface area contributed by atoms with Gasteiger partial charge in [-0.25, -0.2) is 9.07 Å². The molecule has 2 heterocycles. The predicted octanol–water partition coefficient (Wildman–Crippen LogP) is 6.32.